The number of amides is 1. The van der Waals surface area contributed by atoms with E-state index in [1.807, 2.05) is 19.1 Å². The Morgan fingerprint density at radius 1 is 1.32 bits per heavy atom. The number of carbonyl (C=O) groups excluding carboxylic acids is 2. The molecule has 118 valence electrons. The van der Waals surface area contributed by atoms with Crippen molar-refractivity contribution in [1.82, 2.24) is 4.90 Å². The van der Waals surface area contributed by atoms with Crippen LogP contribution in [0.1, 0.15) is 40.2 Å². The lowest BCUT2D eigenvalue weighted by Crippen LogP contribution is -2.40. The van der Waals surface area contributed by atoms with Crippen molar-refractivity contribution >= 4 is 21.5 Å². The minimum atomic E-state index is -3.04. The number of sulfone groups is 1. The van der Waals surface area contributed by atoms with Crippen molar-refractivity contribution in [2.24, 2.45) is 0 Å². The molecule has 1 aliphatic heterocycles. The fourth-order valence-electron chi connectivity index (χ4n) is 3.50. The van der Waals surface area contributed by atoms with Gasteiger partial charge in [-0.1, -0.05) is 18.2 Å². The number of hydrogen-bond donors (Lipinski definition) is 0. The first-order valence-electron chi connectivity index (χ1n) is 7.40. The van der Waals surface area contributed by atoms with Crippen LogP contribution in [0.2, 0.25) is 0 Å². The predicted octanol–water partition coefficient (Wildman–Crippen LogP) is 1.31. The molecule has 0 radical (unpaired) electrons. The van der Waals surface area contributed by atoms with Crippen LogP contribution in [0.15, 0.2) is 18.2 Å². The largest absolute Gasteiger partial charge is 0.341 e. The summed E-state index contributed by atoms with van der Waals surface area (Å²) in [5, 5.41) is 0. The maximum Gasteiger partial charge on any atom is 0.230 e. The molecule has 1 aromatic carbocycles. The van der Waals surface area contributed by atoms with Crippen LogP contribution < -0.4 is 0 Å². The third kappa shape index (κ3) is 2.45. The average Bonchev–Trinajstić information content (AvgIpc) is 2.99. The predicted molar refractivity (Wildman–Crippen MR) is 82.7 cm³/mol. The zero-order valence-electron chi connectivity index (χ0n) is 12.7. The SMILES string of the molecule is Cc1cccc2c1C(C(=O)N(C)C1CCS(=O)(=O)C1)CC2=O. The van der Waals surface area contributed by atoms with Gasteiger partial charge in [-0.15, -0.1) is 0 Å². The van der Waals surface area contributed by atoms with Crippen LogP contribution >= 0.6 is 0 Å². The van der Waals surface area contributed by atoms with Crippen molar-refractivity contribution in [2.45, 2.75) is 31.7 Å². The van der Waals surface area contributed by atoms with Gasteiger partial charge < -0.3 is 4.90 Å². The van der Waals surface area contributed by atoms with Crippen molar-refractivity contribution in [2.75, 3.05) is 18.6 Å². The number of carbonyl (C=O) groups is 2. The van der Waals surface area contributed by atoms with Gasteiger partial charge in [-0.3, -0.25) is 9.59 Å². The molecule has 0 saturated carbocycles. The van der Waals surface area contributed by atoms with E-state index in [1.54, 1.807) is 13.1 Å². The number of hydrogen-bond acceptors (Lipinski definition) is 4. The molecule has 5 nitrogen and oxygen atoms in total. The summed E-state index contributed by atoms with van der Waals surface area (Å²) in [5.41, 5.74) is 2.38. The molecule has 1 heterocycles. The van der Waals surface area contributed by atoms with E-state index in [9.17, 15) is 18.0 Å². The highest BCUT2D eigenvalue weighted by atomic mass is 32.2. The Bertz CT molecular complexity index is 753. The molecule has 3 rings (SSSR count). The quantitative estimate of drug-likeness (QED) is 0.823. The van der Waals surface area contributed by atoms with E-state index in [0.717, 1.165) is 11.1 Å². The Morgan fingerprint density at radius 3 is 2.68 bits per heavy atom. The van der Waals surface area contributed by atoms with Crippen molar-refractivity contribution in [3.05, 3.63) is 34.9 Å². The van der Waals surface area contributed by atoms with Gasteiger partial charge in [0.15, 0.2) is 15.6 Å². The van der Waals surface area contributed by atoms with Crippen molar-refractivity contribution in [3.63, 3.8) is 0 Å². The van der Waals surface area contributed by atoms with Gasteiger partial charge in [0.1, 0.15) is 0 Å². The zero-order valence-corrected chi connectivity index (χ0v) is 13.5. The van der Waals surface area contributed by atoms with E-state index in [-0.39, 0.29) is 35.7 Å². The Labute approximate surface area is 130 Å². The lowest BCUT2D eigenvalue weighted by atomic mass is 9.95. The summed E-state index contributed by atoms with van der Waals surface area (Å²) < 4.78 is 23.2. The maximum atomic E-state index is 12.8. The van der Waals surface area contributed by atoms with E-state index >= 15 is 0 Å². The molecule has 0 N–H and O–H groups in total. The smallest absolute Gasteiger partial charge is 0.230 e. The van der Waals surface area contributed by atoms with Crippen molar-refractivity contribution in [1.29, 1.82) is 0 Å². The summed E-state index contributed by atoms with van der Waals surface area (Å²) in [6, 6.07) is 5.21. The maximum absolute atomic E-state index is 12.8. The van der Waals surface area contributed by atoms with Gasteiger partial charge in [-0.25, -0.2) is 8.42 Å². The molecule has 0 aromatic heterocycles. The lowest BCUT2D eigenvalue weighted by Gasteiger charge is -2.27. The Morgan fingerprint density at radius 2 is 2.05 bits per heavy atom. The molecule has 2 atom stereocenters. The Kier molecular flexibility index (Phi) is 3.59. The first kappa shape index (κ1) is 15.2. The molecule has 1 amide bonds. The van der Waals surface area contributed by atoms with Crippen molar-refractivity contribution < 1.29 is 18.0 Å². The molecule has 1 saturated heterocycles. The molecule has 6 heteroatoms. The van der Waals surface area contributed by atoms with E-state index in [4.69, 9.17) is 0 Å². The third-order valence-corrected chi connectivity index (χ3v) is 6.51. The number of likely N-dealkylation sites (N-methyl/N-ethyl adjacent to an activating group) is 1. The molecule has 0 bridgehead atoms. The minimum Gasteiger partial charge on any atom is -0.341 e. The van der Waals surface area contributed by atoms with Gasteiger partial charge in [0.2, 0.25) is 5.91 Å². The van der Waals surface area contributed by atoms with Gasteiger partial charge in [0, 0.05) is 25.1 Å². The minimum absolute atomic E-state index is 0.00973. The standard InChI is InChI=1S/C16H19NO4S/c1-10-4-3-5-12-14(18)8-13(15(10)12)16(19)17(2)11-6-7-22(20,21)9-11/h3-5,11,13H,6-9H2,1-2H3. The number of nitrogens with zero attached hydrogens (tertiary/aromatic N) is 1. The summed E-state index contributed by atoms with van der Waals surface area (Å²) in [6.45, 7) is 1.90. The highest BCUT2D eigenvalue weighted by Gasteiger charge is 2.40. The van der Waals surface area contributed by atoms with E-state index < -0.39 is 15.8 Å². The van der Waals surface area contributed by atoms with Crippen molar-refractivity contribution in [3.8, 4) is 0 Å². The van der Waals surface area contributed by atoms with E-state index in [0.29, 0.717) is 12.0 Å². The van der Waals surface area contributed by atoms with Gasteiger partial charge in [0.25, 0.3) is 0 Å². The summed E-state index contributed by atoms with van der Waals surface area (Å²) in [5.74, 6) is -0.476. The van der Waals surface area contributed by atoms with Gasteiger partial charge in [-0.05, 0) is 24.5 Å². The first-order valence-corrected chi connectivity index (χ1v) is 9.22. The van der Waals surface area contributed by atoms with Crippen LogP contribution in [-0.2, 0) is 14.6 Å². The average molecular weight is 321 g/mol. The molecular formula is C16H19NO4S. The van der Waals surface area contributed by atoms with Crippen LogP contribution in [0.3, 0.4) is 0 Å². The number of aryl methyl sites for hydroxylation is 1. The summed E-state index contributed by atoms with van der Waals surface area (Å²) >= 11 is 0. The van der Waals surface area contributed by atoms with Gasteiger partial charge in [0.05, 0.1) is 17.4 Å². The first-order chi connectivity index (χ1) is 10.3. The van der Waals surface area contributed by atoms with Crippen LogP contribution in [0.4, 0.5) is 0 Å². The fraction of sp³-hybridized carbons (Fsp3) is 0.500. The molecule has 1 aromatic rings. The molecule has 22 heavy (non-hydrogen) atoms. The highest BCUT2D eigenvalue weighted by molar-refractivity contribution is 7.91. The third-order valence-electron chi connectivity index (χ3n) is 4.76. The molecule has 2 aliphatic rings. The number of Topliss-reactive ketones (excluding diaryl/α,β-unsaturated/α-hetero) is 1. The number of fused-ring (bicyclic) bond motifs is 1. The molecule has 1 fully saturated rings. The Balaban J connectivity index is 1.87. The van der Waals surface area contributed by atoms with Crippen LogP contribution in [0.25, 0.3) is 0 Å². The summed E-state index contributed by atoms with van der Waals surface area (Å²) in [4.78, 5) is 26.4. The Hall–Kier alpha value is -1.69. The second-order valence-corrected chi connectivity index (χ2v) is 8.45. The van der Waals surface area contributed by atoms with Gasteiger partial charge in [-0.2, -0.15) is 0 Å². The zero-order chi connectivity index (χ0) is 16.1. The van der Waals surface area contributed by atoms with Crippen LogP contribution in [0, 0.1) is 6.92 Å². The van der Waals surface area contributed by atoms with E-state index in [2.05, 4.69) is 0 Å². The molecule has 2 unspecified atom stereocenters. The summed E-state index contributed by atoms with van der Waals surface area (Å²) in [6.07, 6.45) is 0.661. The molecule has 1 aliphatic carbocycles. The second kappa shape index (κ2) is 5.19. The summed E-state index contributed by atoms with van der Waals surface area (Å²) in [7, 11) is -1.39. The van der Waals surface area contributed by atoms with Crippen LogP contribution in [-0.4, -0.2) is 49.6 Å². The second-order valence-electron chi connectivity index (χ2n) is 6.22. The lowest BCUT2D eigenvalue weighted by molar-refractivity contribution is -0.133. The highest BCUT2D eigenvalue weighted by Crippen LogP contribution is 2.37. The number of rotatable bonds is 2. The van der Waals surface area contributed by atoms with Crippen LogP contribution in [0.5, 0.6) is 0 Å². The fourth-order valence-corrected chi connectivity index (χ4v) is 5.28. The van der Waals surface area contributed by atoms with E-state index in [1.165, 1.54) is 4.90 Å². The molecule has 0 spiro atoms. The van der Waals surface area contributed by atoms with Gasteiger partial charge >= 0.3 is 0 Å². The number of benzene rings is 1. The monoisotopic (exact) mass is 321 g/mol. The molecular weight excluding hydrogens is 302 g/mol. The normalized spacial score (nSPS) is 26.0. The topological polar surface area (TPSA) is 71.5 Å². The number of ketones is 1.